The Hall–Kier alpha value is 0.150. The summed E-state index contributed by atoms with van der Waals surface area (Å²) in [6.45, 7) is 0. The fourth-order valence-corrected chi connectivity index (χ4v) is 3.22. The molecule has 1 heterocycles. The summed E-state index contributed by atoms with van der Waals surface area (Å²) in [7, 11) is 0. The Balaban J connectivity index is 2.77. The van der Waals surface area contributed by atoms with Crippen LogP contribution in [0.5, 0.6) is 0 Å². The first-order valence-electron chi connectivity index (χ1n) is 2.93. The molecule has 1 rings (SSSR count). The van der Waals surface area contributed by atoms with E-state index in [1.807, 2.05) is 0 Å². The molecule has 42 valence electrons. The zero-order valence-electron chi connectivity index (χ0n) is 5.33. The van der Waals surface area contributed by atoms with Crippen LogP contribution in [0.2, 0.25) is 9.36 Å². The van der Waals surface area contributed by atoms with Gasteiger partial charge in [-0.2, -0.15) is 0 Å². The van der Waals surface area contributed by atoms with Gasteiger partial charge < -0.3 is 0 Å². The average Bonchev–Trinajstić information content (AvgIpc) is 2.12. The third kappa shape index (κ3) is 1.31. The first kappa shape index (κ1) is 6.27. The Bertz CT molecular complexity index is 144. The molecule has 0 bridgehead atoms. The van der Waals surface area contributed by atoms with Crippen molar-refractivity contribution in [1.29, 1.82) is 0 Å². The first-order chi connectivity index (χ1) is 3.80. The van der Waals surface area contributed by atoms with Crippen molar-refractivity contribution in [3.05, 3.63) is 24.5 Å². The standard InChI is InChI=1S/C4H4N.2CH3.In/c1-2-4-5-3-1;;;/h1-4H;2*1H3;/q-1;;;+1. The molecule has 0 aliphatic heterocycles. The van der Waals surface area contributed by atoms with E-state index in [0.717, 1.165) is 0 Å². The van der Waals surface area contributed by atoms with E-state index < -0.39 is 21.7 Å². The van der Waals surface area contributed by atoms with Gasteiger partial charge in [-0.05, 0) is 0 Å². The van der Waals surface area contributed by atoms with Crippen molar-refractivity contribution in [2.75, 3.05) is 0 Å². The Morgan fingerprint density at radius 3 is 1.88 bits per heavy atom. The minimum atomic E-state index is -1.16. The Kier molecular flexibility index (Phi) is 2.06. The third-order valence-corrected chi connectivity index (χ3v) is 5.61. The maximum atomic E-state index is 2.38. The van der Waals surface area contributed by atoms with Gasteiger partial charge in [-0.3, -0.25) is 0 Å². The van der Waals surface area contributed by atoms with E-state index in [2.05, 4.69) is 36.4 Å². The quantitative estimate of drug-likeness (QED) is 0.664. The van der Waals surface area contributed by atoms with Gasteiger partial charge in [-0.15, -0.1) is 0 Å². The van der Waals surface area contributed by atoms with Gasteiger partial charge in [0, 0.05) is 0 Å². The van der Waals surface area contributed by atoms with Crippen LogP contribution in [0, 0.1) is 0 Å². The summed E-state index contributed by atoms with van der Waals surface area (Å²) in [6, 6.07) is 4.19. The molecule has 1 aromatic heterocycles. The Morgan fingerprint density at radius 2 is 1.62 bits per heavy atom. The molecule has 0 fully saturated rings. The maximum absolute atomic E-state index is 2.38. The Morgan fingerprint density at radius 1 is 1.12 bits per heavy atom. The summed E-state index contributed by atoms with van der Waals surface area (Å²) in [5.74, 6) is 0. The molecule has 0 saturated heterocycles. The van der Waals surface area contributed by atoms with Crippen LogP contribution < -0.4 is 0 Å². The molecule has 0 aromatic carbocycles. The Labute approximate surface area is 58.3 Å². The number of aromatic nitrogens is 1. The molecule has 0 saturated carbocycles. The molecular formula is C6H10InN. The van der Waals surface area contributed by atoms with Crippen molar-refractivity contribution in [1.82, 2.24) is 2.55 Å². The van der Waals surface area contributed by atoms with Gasteiger partial charge in [0.15, 0.2) is 0 Å². The summed E-state index contributed by atoms with van der Waals surface area (Å²) in [4.78, 5) is 0. The van der Waals surface area contributed by atoms with Crippen LogP contribution >= 0.6 is 0 Å². The molecule has 0 aliphatic carbocycles. The van der Waals surface area contributed by atoms with Crippen molar-refractivity contribution < 1.29 is 0 Å². The molecule has 0 spiro atoms. The minimum absolute atomic E-state index is 1.16. The number of hydrogen-bond acceptors (Lipinski definition) is 0. The van der Waals surface area contributed by atoms with Gasteiger partial charge in [-0.25, -0.2) is 0 Å². The van der Waals surface area contributed by atoms with Crippen molar-refractivity contribution in [2.24, 2.45) is 0 Å². The summed E-state index contributed by atoms with van der Waals surface area (Å²) in [5.41, 5.74) is 0. The molecule has 0 atom stereocenters. The van der Waals surface area contributed by atoms with Crippen LogP contribution in [-0.4, -0.2) is 24.3 Å². The van der Waals surface area contributed by atoms with E-state index in [-0.39, 0.29) is 0 Å². The van der Waals surface area contributed by atoms with Gasteiger partial charge in [0.05, 0.1) is 0 Å². The summed E-state index contributed by atoms with van der Waals surface area (Å²) in [5, 5.41) is 0. The van der Waals surface area contributed by atoms with Crippen LogP contribution in [-0.2, 0) is 0 Å². The van der Waals surface area contributed by atoms with E-state index in [1.165, 1.54) is 0 Å². The molecule has 1 aromatic rings. The van der Waals surface area contributed by atoms with Gasteiger partial charge in [0.25, 0.3) is 0 Å². The fraction of sp³-hybridized carbons (Fsp3) is 0.333. The van der Waals surface area contributed by atoms with E-state index in [9.17, 15) is 0 Å². The zero-order chi connectivity index (χ0) is 5.98. The topological polar surface area (TPSA) is 4.93 Å². The van der Waals surface area contributed by atoms with Crippen LogP contribution in [0.1, 0.15) is 0 Å². The second-order valence-electron chi connectivity index (χ2n) is 2.22. The van der Waals surface area contributed by atoms with E-state index in [4.69, 9.17) is 0 Å². The SMILES string of the molecule is [CH3][In]([CH3])[n]1cccc1. The van der Waals surface area contributed by atoms with Gasteiger partial charge in [0.2, 0.25) is 0 Å². The van der Waals surface area contributed by atoms with Gasteiger partial charge in [-0.1, -0.05) is 0 Å². The van der Waals surface area contributed by atoms with Crippen molar-refractivity contribution in [3.8, 4) is 0 Å². The molecule has 8 heavy (non-hydrogen) atoms. The second kappa shape index (κ2) is 2.63. The van der Waals surface area contributed by atoms with Crippen molar-refractivity contribution in [2.45, 2.75) is 9.36 Å². The van der Waals surface area contributed by atoms with E-state index in [0.29, 0.717) is 0 Å². The normalized spacial score (nSPS) is 9.25. The predicted octanol–water partition coefficient (Wildman–Crippen LogP) is 1.59. The van der Waals surface area contributed by atoms with Gasteiger partial charge in [0.1, 0.15) is 0 Å². The molecule has 0 radical (unpaired) electrons. The number of rotatable bonds is 1. The molecule has 0 aliphatic rings. The zero-order valence-corrected chi connectivity index (χ0v) is 8.63. The number of hydrogen-bond donors (Lipinski definition) is 0. The second-order valence-corrected chi connectivity index (χ2v) is 10.2. The van der Waals surface area contributed by atoms with Gasteiger partial charge >= 0.3 is 58.2 Å². The summed E-state index contributed by atoms with van der Waals surface area (Å²) < 4.78 is 7.13. The van der Waals surface area contributed by atoms with Crippen molar-refractivity contribution >= 4 is 21.7 Å². The molecule has 2 heteroatoms. The summed E-state index contributed by atoms with van der Waals surface area (Å²) >= 11 is -1.16. The van der Waals surface area contributed by atoms with Crippen LogP contribution in [0.25, 0.3) is 0 Å². The molecule has 0 N–H and O–H groups in total. The third-order valence-electron chi connectivity index (χ3n) is 1.22. The summed E-state index contributed by atoms with van der Waals surface area (Å²) in [6.07, 6.45) is 4.33. The monoisotopic (exact) mass is 211 g/mol. The van der Waals surface area contributed by atoms with Crippen LogP contribution in [0.15, 0.2) is 24.5 Å². The number of nitrogens with zero attached hydrogens (tertiary/aromatic N) is 1. The average molecular weight is 211 g/mol. The first-order valence-corrected chi connectivity index (χ1v) is 11.0. The molecule has 1 nitrogen and oxygen atoms in total. The van der Waals surface area contributed by atoms with E-state index >= 15 is 0 Å². The van der Waals surface area contributed by atoms with Crippen LogP contribution in [0.4, 0.5) is 0 Å². The molecular weight excluding hydrogens is 201 g/mol. The van der Waals surface area contributed by atoms with E-state index in [1.54, 1.807) is 0 Å². The fourth-order valence-electron chi connectivity index (χ4n) is 0.692. The molecule has 0 unspecified atom stereocenters. The van der Waals surface area contributed by atoms with Crippen molar-refractivity contribution in [3.63, 3.8) is 0 Å². The van der Waals surface area contributed by atoms with Crippen LogP contribution in [0.3, 0.4) is 0 Å². The predicted molar refractivity (Wildman–Crippen MR) is 37.3 cm³/mol. The molecule has 0 amide bonds.